The van der Waals surface area contributed by atoms with E-state index in [9.17, 15) is 0 Å². The molecule has 1 heterocycles. The van der Waals surface area contributed by atoms with Crippen LogP contribution in [0.5, 0.6) is 0 Å². The highest BCUT2D eigenvalue weighted by molar-refractivity contribution is 4.90. The molecule has 2 heteroatoms. The molecule has 1 N–H and O–H groups in total. The van der Waals surface area contributed by atoms with Gasteiger partial charge in [0, 0.05) is 31.2 Å². The topological polar surface area (TPSA) is 15.3 Å². The van der Waals surface area contributed by atoms with E-state index < -0.39 is 0 Å². The van der Waals surface area contributed by atoms with E-state index >= 15 is 0 Å². The first kappa shape index (κ1) is 12.4. The summed E-state index contributed by atoms with van der Waals surface area (Å²) >= 11 is 0. The summed E-state index contributed by atoms with van der Waals surface area (Å²) in [6, 6.07) is 2.17. The Morgan fingerprint density at radius 1 is 1.12 bits per heavy atom. The summed E-state index contributed by atoms with van der Waals surface area (Å²) in [5.41, 5.74) is 0.570. The maximum Gasteiger partial charge on any atom is 0.0169 e. The van der Waals surface area contributed by atoms with Crippen molar-refractivity contribution in [1.82, 2.24) is 10.2 Å². The second kappa shape index (κ2) is 4.66. The second-order valence-electron chi connectivity index (χ2n) is 6.84. The molecule has 1 saturated carbocycles. The van der Waals surface area contributed by atoms with Crippen LogP contribution >= 0.6 is 0 Å². The summed E-state index contributed by atoms with van der Waals surface area (Å²) < 4.78 is 0. The molecule has 2 fully saturated rings. The van der Waals surface area contributed by atoms with Crippen molar-refractivity contribution >= 4 is 0 Å². The summed E-state index contributed by atoms with van der Waals surface area (Å²) in [6.45, 7) is 12.0. The molecule has 0 aromatic heterocycles. The van der Waals surface area contributed by atoms with Crippen molar-refractivity contribution in [2.75, 3.05) is 13.1 Å². The van der Waals surface area contributed by atoms with Gasteiger partial charge < -0.3 is 5.32 Å². The van der Waals surface area contributed by atoms with Crippen LogP contribution in [-0.2, 0) is 0 Å². The third kappa shape index (κ3) is 2.98. The van der Waals surface area contributed by atoms with Gasteiger partial charge in [0.2, 0.25) is 0 Å². The highest BCUT2D eigenvalue weighted by atomic mass is 15.2. The van der Waals surface area contributed by atoms with Crippen molar-refractivity contribution in [3.63, 3.8) is 0 Å². The Hall–Kier alpha value is -0.0800. The lowest BCUT2D eigenvalue weighted by Crippen LogP contribution is -2.58. The van der Waals surface area contributed by atoms with Gasteiger partial charge in [0.15, 0.2) is 0 Å². The van der Waals surface area contributed by atoms with Gasteiger partial charge in [-0.25, -0.2) is 0 Å². The molecule has 0 spiro atoms. The minimum absolute atomic E-state index is 0.570. The van der Waals surface area contributed by atoms with Gasteiger partial charge in [-0.3, -0.25) is 4.90 Å². The molecule has 1 saturated heterocycles. The van der Waals surface area contributed by atoms with Crippen molar-refractivity contribution in [3.8, 4) is 0 Å². The summed E-state index contributed by atoms with van der Waals surface area (Å²) in [6.07, 6.45) is 5.65. The van der Waals surface area contributed by atoms with E-state index in [-0.39, 0.29) is 0 Å². The van der Waals surface area contributed by atoms with Crippen LogP contribution in [0, 0.1) is 5.41 Å². The molecule has 0 radical (unpaired) electrons. The minimum Gasteiger partial charge on any atom is -0.309 e. The molecule has 0 aromatic rings. The smallest absolute Gasteiger partial charge is 0.0169 e. The fourth-order valence-electron chi connectivity index (χ4n) is 3.64. The van der Waals surface area contributed by atoms with Gasteiger partial charge in [-0.2, -0.15) is 0 Å². The van der Waals surface area contributed by atoms with E-state index in [1.165, 1.54) is 38.8 Å². The summed E-state index contributed by atoms with van der Waals surface area (Å²) in [4.78, 5) is 2.74. The second-order valence-corrected chi connectivity index (χ2v) is 6.84. The van der Waals surface area contributed by atoms with Crippen LogP contribution in [0.3, 0.4) is 0 Å². The third-order valence-electron chi connectivity index (χ3n) is 4.28. The average molecular weight is 224 g/mol. The largest absolute Gasteiger partial charge is 0.309 e. The van der Waals surface area contributed by atoms with E-state index in [4.69, 9.17) is 0 Å². The van der Waals surface area contributed by atoms with Crippen molar-refractivity contribution in [2.24, 2.45) is 5.41 Å². The first-order valence-corrected chi connectivity index (χ1v) is 6.96. The zero-order valence-electron chi connectivity index (χ0n) is 11.4. The number of rotatable bonds is 1. The third-order valence-corrected chi connectivity index (χ3v) is 4.28. The van der Waals surface area contributed by atoms with Gasteiger partial charge in [-0.15, -0.1) is 0 Å². The Balaban J connectivity index is 1.96. The highest BCUT2D eigenvalue weighted by Crippen LogP contribution is 2.37. The van der Waals surface area contributed by atoms with Gasteiger partial charge in [-0.05, 0) is 38.5 Å². The predicted molar refractivity (Wildman–Crippen MR) is 69.7 cm³/mol. The Labute approximate surface area is 101 Å². The van der Waals surface area contributed by atoms with Gasteiger partial charge in [0.05, 0.1) is 0 Å². The fourth-order valence-corrected chi connectivity index (χ4v) is 3.64. The Bertz CT molecular complexity index is 227. The SMILES string of the molecule is CC1CN(C2CCCC(C)(C)C2)CC(C)N1. The van der Waals surface area contributed by atoms with Gasteiger partial charge in [0.25, 0.3) is 0 Å². The maximum atomic E-state index is 3.63. The quantitative estimate of drug-likeness (QED) is 0.736. The molecule has 16 heavy (non-hydrogen) atoms. The van der Waals surface area contributed by atoms with Crippen LogP contribution in [0.4, 0.5) is 0 Å². The van der Waals surface area contributed by atoms with Crippen molar-refractivity contribution < 1.29 is 0 Å². The van der Waals surface area contributed by atoms with Crippen molar-refractivity contribution in [2.45, 2.75) is 71.5 Å². The molecule has 3 atom stereocenters. The molecule has 1 aliphatic heterocycles. The minimum atomic E-state index is 0.570. The zero-order chi connectivity index (χ0) is 11.8. The average Bonchev–Trinajstić information content (AvgIpc) is 2.14. The molecule has 94 valence electrons. The van der Waals surface area contributed by atoms with Crippen LogP contribution in [0.2, 0.25) is 0 Å². The normalized spacial score (nSPS) is 40.9. The summed E-state index contributed by atoms with van der Waals surface area (Å²) in [7, 11) is 0. The standard InChI is InChI=1S/C14H28N2/c1-11-9-16(10-12(2)15-11)13-6-5-7-14(3,4)8-13/h11-13,15H,5-10H2,1-4H3. The van der Waals surface area contributed by atoms with E-state index in [1.54, 1.807) is 0 Å². The van der Waals surface area contributed by atoms with Crippen LogP contribution in [0.15, 0.2) is 0 Å². The molecule has 2 rings (SSSR count). The molecular formula is C14H28N2. The Morgan fingerprint density at radius 3 is 2.31 bits per heavy atom. The van der Waals surface area contributed by atoms with Crippen LogP contribution in [0.1, 0.15) is 53.4 Å². The number of hydrogen-bond donors (Lipinski definition) is 1. The number of hydrogen-bond acceptors (Lipinski definition) is 2. The molecule has 2 nitrogen and oxygen atoms in total. The highest BCUT2D eigenvalue weighted by Gasteiger charge is 2.33. The van der Waals surface area contributed by atoms with Crippen LogP contribution in [0.25, 0.3) is 0 Å². The maximum absolute atomic E-state index is 3.63. The van der Waals surface area contributed by atoms with Crippen molar-refractivity contribution in [3.05, 3.63) is 0 Å². The first-order valence-electron chi connectivity index (χ1n) is 6.96. The predicted octanol–water partition coefficient (Wildman–Crippen LogP) is 2.64. The van der Waals surface area contributed by atoms with E-state index in [0.717, 1.165) is 6.04 Å². The lowest BCUT2D eigenvalue weighted by Gasteiger charge is -2.46. The summed E-state index contributed by atoms with van der Waals surface area (Å²) in [5.74, 6) is 0. The van der Waals surface area contributed by atoms with E-state index in [2.05, 4.69) is 37.9 Å². The first-order chi connectivity index (χ1) is 7.46. The zero-order valence-corrected chi connectivity index (χ0v) is 11.4. The molecule has 3 unspecified atom stereocenters. The number of nitrogens with one attached hydrogen (secondary N) is 1. The van der Waals surface area contributed by atoms with Gasteiger partial charge >= 0.3 is 0 Å². The Morgan fingerprint density at radius 2 is 1.75 bits per heavy atom. The van der Waals surface area contributed by atoms with Crippen LogP contribution in [-0.4, -0.2) is 36.1 Å². The molecule has 2 aliphatic rings. The number of piperazine rings is 1. The van der Waals surface area contributed by atoms with E-state index in [1.807, 2.05) is 0 Å². The molecule has 0 amide bonds. The monoisotopic (exact) mass is 224 g/mol. The summed E-state index contributed by atoms with van der Waals surface area (Å²) in [5, 5.41) is 3.63. The lowest BCUT2D eigenvalue weighted by molar-refractivity contribution is 0.0599. The molecule has 1 aliphatic carbocycles. The van der Waals surface area contributed by atoms with Gasteiger partial charge in [-0.1, -0.05) is 20.3 Å². The number of nitrogens with zero attached hydrogens (tertiary/aromatic N) is 1. The van der Waals surface area contributed by atoms with Crippen molar-refractivity contribution in [1.29, 1.82) is 0 Å². The lowest BCUT2D eigenvalue weighted by atomic mass is 9.74. The van der Waals surface area contributed by atoms with E-state index in [0.29, 0.717) is 17.5 Å². The molecule has 0 aromatic carbocycles. The Kier molecular flexibility index (Phi) is 3.60. The molecule has 0 bridgehead atoms. The fraction of sp³-hybridized carbons (Fsp3) is 1.00. The van der Waals surface area contributed by atoms with Crippen LogP contribution < -0.4 is 5.32 Å². The molecular weight excluding hydrogens is 196 g/mol. The van der Waals surface area contributed by atoms with Gasteiger partial charge in [0.1, 0.15) is 0 Å².